The minimum atomic E-state index is -3.53. The average molecular weight is 220 g/mol. The topological polar surface area (TPSA) is 78.9 Å². The highest BCUT2D eigenvalue weighted by Gasteiger charge is 2.32. The molecule has 1 saturated heterocycles. The van der Waals surface area contributed by atoms with Gasteiger partial charge < -0.3 is 9.47 Å². The van der Waals surface area contributed by atoms with Gasteiger partial charge in [-0.25, -0.2) is 4.79 Å². The summed E-state index contributed by atoms with van der Waals surface area (Å²) in [5.41, 5.74) is 0. The number of terminal acetylenes is 1. The first kappa shape index (κ1) is 10.8. The molecule has 1 rings (SSSR count). The molecule has 1 atom stereocenters. The highest BCUT2D eigenvalue weighted by Crippen LogP contribution is 2.11. The van der Waals surface area contributed by atoms with Crippen molar-refractivity contribution in [2.45, 2.75) is 6.10 Å². The first-order valence-electron chi connectivity index (χ1n) is 3.67. The highest BCUT2D eigenvalue weighted by atomic mass is 32.2. The summed E-state index contributed by atoms with van der Waals surface area (Å²) in [6.45, 7) is -0.382. The van der Waals surface area contributed by atoms with Gasteiger partial charge in [0, 0.05) is 0 Å². The fraction of sp³-hybridized carbons (Fsp3) is 0.571. The maximum Gasteiger partial charge on any atom is 0.509 e. The van der Waals surface area contributed by atoms with E-state index in [1.807, 2.05) is 0 Å². The molecule has 0 aromatic heterocycles. The number of hydrogen-bond donors (Lipinski definition) is 0. The third-order valence-electron chi connectivity index (χ3n) is 1.36. The molecule has 0 N–H and O–H groups in total. The summed E-state index contributed by atoms with van der Waals surface area (Å²) in [6.07, 6.45) is 3.02. The van der Waals surface area contributed by atoms with Crippen molar-refractivity contribution in [3.05, 3.63) is 0 Å². The summed E-state index contributed by atoms with van der Waals surface area (Å²) in [6, 6.07) is 0. The molecule has 0 aliphatic carbocycles. The smallest absolute Gasteiger partial charge is 0.427 e. The molecule has 14 heavy (non-hydrogen) atoms. The minimum Gasteiger partial charge on any atom is -0.427 e. The lowest BCUT2D eigenvalue weighted by molar-refractivity contribution is 0.0307. The maximum absolute atomic E-state index is 10.8. The van der Waals surface area contributed by atoms with Gasteiger partial charge in [-0.05, 0) is 0 Å². The Balaban J connectivity index is 2.33. The van der Waals surface area contributed by atoms with Gasteiger partial charge in [0.1, 0.15) is 18.5 Å². The van der Waals surface area contributed by atoms with Crippen molar-refractivity contribution < 1.29 is 26.9 Å². The predicted octanol–water partition coefficient (Wildman–Crippen LogP) is -0.499. The molecule has 1 unspecified atom stereocenters. The van der Waals surface area contributed by atoms with E-state index in [9.17, 15) is 13.2 Å². The molecule has 0 bridgehead atoms. The number of carbonyl (C=O) groups is 1. The fourth-order valence-corrected chi connectivity index (χ4v) is 1.92. The molecular weight excluding hydrogens is 212 g/mol. The summed E-state index contributed by atoms with van der Waals surface area (Å²) in [5.74, 6) is 1.72. The molecule has 1 heterocycles. The van der Waals surface area contributed by atoms with Crippen LogP contribution in [0, 0.1) is 12.3 Å². The van der Waals surface area contributed by atoms with Crippen molar-refractivity contribution in [2.24, 2.45) is 0 Å². The number of hydrogen-bond acceptors (Lipinski definition) is 6. The Labute approximate surface area is 81.3 Å². The molecule has 0 radical (unpaired) electrons. The van der Waals surface area contributed by atoms with E-state index in [2.05, 4.69) is 19.6 Å². The van der Waals surface area contributed by atoms with E-state index >= 15 is 0 Å². The zero-order valence-corrected chi connectivity index (χ0v) is 7.95. The summed E-state index contributed by atoms with van der Waals surface area (Å²) < 4.78 is 34.8. The summed E-state index contributed by atoms with van der Waals surface area (Å²) >= 11 is 0. The molecule has 78 valence electrons. The third kappa shape index (κ3) is 3.24. The standard InChI is InChI=1S/C7H8O6S/c1-2-3-11-7(8)13-6-4-12-14(9,10)5-6/h1,6H,3-5H2. The molecular formula is C7H8O6S. The normalized spacial score (nSPS) is 23.8. The molecule has 0 aromatic carbocycles. The Bertz CT molecular complexity index is 351. The van der Waals surface area contributed by atoms with Gasteiger partial charge in [-0.15, -0.1) is 6.42 Å². The largest absolute Gasteiger partial charge is 0.509 e. The molecule has 0 amide bonds. The lowest BCUT2D eigenvalue weighted by atomic mass is 10.4. The SMILES string of the molecule is C#CCOC(=O)OC1COS(=O)(=O)C1. The second kappa shape index (κ2) is 4.30. The van der Waals surface area contributed by atoms with E-state index in [0.29, 0.717) is 0 Å². The number of rotatable bonds is 2. The van der Waals surface area contributed by atoms with Crippen LogP contribution in [-0.4, -0.2) is 39.6 Å². The number of ether oxygens (including phenoxy) is 2. The molecule has 1 aliphatic rings. The summed E-state index contributed by atoms with van der Waals surface area (Å²) in [4.78, 5) is 10.8. The molecule has 0 aromatic rings. The summed E-state index contributed by atoms with van der Waals surface area (Å²) in [7, 11) is -3.53. The lowest BCUT2D eigenvalue weighted by Crippen LogP contribution is -2.22. The van der Waals surface area contributed by atoms with Crippen molar-refractivity contribution in [3.8, 4) is 12.3 Å². The second-order valence-corrected chi connectivity index (χ2v) is 4.18. The van der Waals surface area contributed by atoms with Gasteiger partial charge in [0.25, 0.3) is 10.1 Å². The van der Waals surface area contributed by atoms with Crippen LogP contribution in [0.2, 0.25) is 0 Å². The van der Waals surface area contributed by atoms with Crippen molar-refractivity contribution in [1.82, 2.24) is 0 Å². The van der Waals surface area contributed by atoms with Crippen LogP contribution in [0.3, 0.4) is 0 Å². The summed E-state index contributed by atoms with van der Waals surface area (Å²) in [5, 5.41) is 0. The Kier molecular flexibility index (Phi) is 3.33. The lowest BCUT2D eigenvalue weighted by Gasteiger charge is -2.06. The van der Waals surface area contributed by atoms with Gasteiger partial charge in [0.05, 0.1) is 0 Å². The predicted molar refractivity (Wildman–Crippen MR) is 44.8 cm³/mol. The number of carbonyl (C=O) groups excluding carboxylic acids is 1. The van der Waals surface area contributed by atoms with Crippen LogP contribution in [0.15, 0.2) is 0 Å². The molecule has 7 heteroatoms. The Morgan fingerprint density at radius 1 is 1.64 bits per heavy atom. The van der Waals surface area contributed by atoms with Gasteiger partial charge in [-0.3, -0.25) is 4.18 Å². The Hall–Kier alpha value is -1.26. The molecule has 1 aliphatic heterocycles. The Morgan fingerprint density at radius 3 is 2.86 bits per heavy atom. The van der Waals surface area contributed by atoms with Gasteiger partial charge in [-0.1, -0.05) is 5.92 Å². The van der Waals surface area contributed by atoms with Gasteiger partial charge in [-0.2, -0.15) is 8.42 Å². The van der Waals surface area contributed by atoms with E-state index in [-0.39, 0.29) is 19.0 Å². The van der Waals surface area contributed by atoms with Crippen LogP contribution in [0.25, 0.3) is 0 Å². The second-order valence-electron chi connectivity index (χ2n) is 2.49. The monoisotopic (exact) mass is 220 g/mol. The van der Waals surface area contributed by atoms with Crippen LogP contribution in [0.5, 0.6) is 0 Å². The van der Waals surface area contributed by atoms with Crippen LogP contribution < -0.4 is 0 Å². The quantitative estimate of drug-likeness (QED) is 0.354. The first-order chi connectivity index (χ1) is 6.53. The van der Waals surface area contributed by atoms with Crippen molar-refractivity contribution in [2.75, 3.05) is 19.0 Å². The first-order valence-corrected chi connectivity index (χ1v) is 5.25. The molecule has 6 nitrogen and oxygen atoms in total. The van der Waals surface area contributed by atoms with Crippen LogP contribution in [0.4, 0.5) is 4.79 Å². The maximum atomic E-state index is 10.8. The molecule has 0 spiro atoms. The Morgan fingerprint density at radius 2 is 2.36 bits per heavy atom. The van der Waals surface area contributed by atoms with Gasteiger partial charge in [0.15, 0.2) is 6.61 Å². The highest BCUT2D eigenvalue weighted by molar-refractivity contribution is 7.87. The van der Waals surface area contributed by atoms with E-state index in [4.69, 9.17) is 6.42 Å². The van der Waals surface area contributed by atoms with Crippen LogP contribution >= 0.6 is 0 Å². The molecule has 0 saturated carbocycles. The van der Waals surface area contributed by atoms with E-state index < -0.39 is 22.4 Å². The van der Waals surface area contributed by atoms with E-state index in [1.54, 1.807) is 0 Å². The van der Waals surface area contributed by atoms with Gasteiger partial charge >= 0.3 is 6.16 Å². The van der Waals surface area contributed by atoms with Crippen molar-refractivity contribution >= 4 is 16.3 Å². The molecule has 1 fully saturated rings. The minimum absolute atomic E-state index is 0.173. The zero-order valence-electron chi connectivity index (χ0n) is 7.13. The van der Waals surface area contributed by atoms with E-state index in [1.165, 1.54) is 0 Å². The average Bonchev–Trinajstić information content (AvgIpc) is 2.42. The van der Waals surface area contributed by atoms with Gasteiger partial charge in [0.2, 0.25) is 0 Å². The van der Waals surface area contributed by atoms with Crippen molar-refractivity contribution in [1.29, 1.82) is 0 Å². The zero-order chi connectivity index (χ0) is 10.6. The fourth-order valence-electron chi connectivity index (χ4n) is 0.842. The van der Waals surface area contributed by atoms with Crippen molar-refractivity contribution in [3.63, 3.8) is 0 Å². The van der Waals surface area contributed by atoms with E-state index in [0.717, 1.165) is 0 Å². The van der Waals surface area contributed by atoms with Crippen LogP contribution in [-0.2, 0) is 23.8 Å². The third-order valence-corrected chi connectivity index (χ3v) is 2.63. The van der Waals surface area contributed by atoms with Crippen LogP contribution in [0.1, 0.15) is 0 Å².